The van der Waals surface area contributed by atoms with Gasteiger partial charge in [0.2, 0.25) is 12.7 Å². The minimum atomic E-state index is -0.547. The third-order valence-electron chi connectivity index (χ3n) is 5.52. The Morgan fingerprint density at radius 3 is 2.59 bits per heavy atom. The van der Waals surface area contributed by atoms with Gasteiger partial charge in [-0.1, -0.05) is 5.16 Å². The molecule has 7 nitrogen and oxygen atoms in total. The van der Waals surface area contributed by atoms with Crippen molar-refractivity contribution >= 4 is 5.91 Å². The van der Waals surface area contributed by atoms with Crippen LogP contribution in [-0.4, -0.2) is 48.1 Å². The lowest BCUT2D eigenvalue weighted by Gasteiger charge is -2.37. The number of fused-ring (bicyclic) bond motifs is 1. The van der Waals surface area contributed by atoms with Gasteiger partial charge < -0.3 is 23.6 Å². The SMILES string of the molecule is CC1CN(C(=O)C2(c3cc(-c4ccc5c(c4)OCO5)on3)CC2)CC(C)O1. The maximum absolute atomic E-state index is 13.2. The van der Waals surface area contributed by atoms with Crippen molar-refractivity contribution in [1.29, 1.82) is 0 Å². The molecular weight excluding hydrogens is 348 g/mol. The second-order valence-corrected chi connectivity index (χ2v) is 7.69. The first kappa shape index (κ1) is 16.6. The Kier molecular flexibility index (Phi) is 3.69. The van der Waals surface area contributed by atoms with Gasteiger partial charge in [-0.25, -0.2) is 0 Å². The van der Waals surface area contributed by atoms with Crippen LogP contribution in [0.15, 0.2) is 28.8 Å². The third kappa shape index (κ3) is 2.77. The number of rotatable bonds is 3. The van der Waals surface area contributed by atoms with Gasteiger partial charge in [-0.15, -0.1) is 0 Å². The highest BCUT2D eigenvalue weighted by Gasteiger charge is 2.56. The molecule has 1 aliphatic carbocycles. The van der Waals surface area contributed by atoms with Crippen LogP contribution in [0.2, 0.25) is 0 Å². The maximum Gasteiger partial charge on any atom is 0.235 e. The fourth-order valence-corrected chi connectivity index (χ4v) is 4.04. The normalized spacial score (nSPS) is 25.5. The Morgan fingerprint density at radius 1 is 1.11 bits per heavy atom. The van der Waals surface area contributed by atoms with Crippen LogP contribution in [0.4, 0.5) is 0 Å². The minimum Gasteiger partial charge on any atom is -0.454 e. The second kappa shape index (κ2) is 5.99. The molecule has 27 heavy (non-hydrogen) atoms. The summed E-state index contributed by atoms with van der Waals surface area (Å²) in [6, 6.07) is 7.52. The highest BCUT2D eigenvalue weighted by atomic mass is 16.7. The lowest BCUT2D eigenvalue weighted by atomic mass is 9.98. The number of nitrogens with zero attached hydrogens (tertiary/aromatic N) is 2. The van der Waals surface area contributed by atoms with E-state index in [1.54, 1.807) is 0 Å². The largest absolute Gasteiger partial charge is 0.454 e. The quantitative estimate of drug-likeness (QED) is 0.827. The molecule has 0 radical (unpaired) electrons. The molecule has 2 fully saturated rings. The molecule has 1 aromatic heterocycles. The summed E-state index contributed by atoms with van der Waals surface area (Å²) in [6.45, 7) is 5.48. The number of morpholine rings is 1. The van der Waals surface area contributed by atoms with Gasteiger partial charge in [0.25, 0.3) is 0 Å². The standard InChI is InChI=1S/C20H22N2O5/c1-12-9-22(10-13(2)26-12)19(23)20(5-6-20)18-8-16(27-21-18)14-3-4-15-17(7-14)25-11-24-15/h3-4,7-8,12-13H,5-6,9-11H2,1-2H3. The van der Waals surface area contributed by atoms with Crippen molar-refractivity contribution in [2.75, 3.05) is 19.9 Å². The molecule has 0 bridgehead atoms. The fourth-order valence-electron chi connectivity index (χ4n) is 4.04. The zero-order valence-electron chi connectivity index (χ0n) is 15.4. The summed E-state index contributed by atoms with van der Waals surface area (Å²) in [6.07, 6.45) is 1.71. The van der Waals surface area contributed by atoms with E-state index in [9.17, 15) is 4.79 Å². The van der Waals surface area contributed by atoms with Gasteiger partial charge in [-0.2, -0.15) is 0 Å². The number of aromatic nitrogens is 1. The Hall–Kier alpha value is -2.54. The summed E-state index contributed by atoms with van der Waals surface area (Å²) in [5, 5.41) is 4.25. The van der Waals surface area contributed by atoms with Crippen molar-refractivity contribution in [3.05, 3.63) is 30.0 Å². The van der Waals surface area contributed by atoms with Gasteiger partial charge in [-0.05, 0) is 44.9 Å². The zero-order valence-corrected chi connectivity index (χ0v) is 15.4. The zero-order chi connectivity index (χ0) is 18.6. The molecule has 2 aromatic rings. The van der Waals surface area contributed by atoms with Gasteiger partial charge >= 0.3 is 0 Å². The first-order valence-electron chi connectivity index (χ1n) is 9.37. The molecule has 7 heteroatoms. The van der Waals surface area contributed by atoms with Crippen molar-refractivity contribution in [2.24, 2.45) is 0 Å². The number of hydrogen-bond donors (Lipinski definition) is 0. The van der Waals surface area contributed by atoms with E-state index in [2.05, 4.69) is 5.16 Å². The Bertz CT molecular complexity index is 878. The van der Waals surface area contributed by atoms with Crippen LogP contribution in [0, 0.1) is 0 Å². The molecule has 2 unspecified atom stereocenters. The predicted molar refractivity (Wildman–Crippen MR) is 95.6 cm³/mol. The van der Waals surface area contributed by atoms with E-state index in [1.807, 2.05) is 43.0 Å². The summed E-state index contributed by atoms with van der Waals surface area (Å²) in [7, 11) is 0. The molecule has 2 aliphatic heterocycles. The Balaban J connectivity index is 1.40. The van der Waals surface area contributed by atoms with Crippen LogP contribution in [0.25, 0.3) is 11.3 Å². The van der Waals surface area contributed by atoms with Crippen molar-refractivity contribution in [2.45, 2.75) is 44.3 Å². The lowest BCUT2D eigenvalue weighted by molar-refractivity contribution is -0.146. The van der Waals surface area contributed by atoms with E-state index < -0.39 is 5.41 Å². The van der Waals surface area contributed by atoms with Gasteiger partial charge in [0.05, 0.1) is 23.3 Å². The average Bonchev–Trinajstić information content (AvgIpc) is 3.09. The maximum atomic E-state index is 13.2. The van der Waals surface area contributed by atoms with Gasteiger partial charge in [0, 0.05) is 24.7 Å². The number of carbonyl (C=O) groups is 1. The van der Waals surface area contributed by atoms with Crippen LogP contribution in [0.1, 0.15) is 32.4 Å². The van der Waals surface area contributed by atoms with Crippen LogP contribution in [0.3, 0.4) is 0 Å². The highest BCUT2D eigenvalue weighted by molar-refractivity contribution is 5.91. The molecule has 0 spiro atoms. The van der Waals surface area contributed by atoms with Gasteiger partial charge in [0.1, 0.15) is 0 Å². The smallest absolute Gasteiger partial charge is 0.235 e. The number of benzene rings is 1. The van der Waals surface area contributed by atoms with Crippen molar-refractivity contribution in [1.82, 2.24) is 10.1 Å². The number of hydrogen-bond acceptors (Lipinski definition) is 6. The van der Waals surface area contributed by atoms with E-state index >= 15 is 0 Å². The van der Waals surface area contributed by atoms with E-state index in [0.29, 0.717) is 30.3 Å². The topological polar surface area (TPSA) is 74.0 Å². The highest BCUT2D eigenvalue weighted by Crippen LogP contribution is 2.50. The predicted octanol–water partition coefficient (Wildman–Crippen LogP) is 2.74. The molecule has 5 rings (SSSR count). The average molecular weight is 370 g/mol. The molecule has 1 amide bonds. The van der Waals surface area contributed by atoms with Crippen molar-refractivity contribution in [3.63, 3.8) is 0 Å². The summed E-state index contributed by atoms with van der Waals surface area (Å²) in [4.78, 5) is 15.1. The molecule has 2 atom stereocenters. The molecule has 3 heterocycles. The Morgan fingerprint density at radius 2 is 1.85 bits per heavy atom. The third-order valence-corrected chi connectivity index (χ3v) is 5.52. The Labute approximate surface area is 157 Å². The summed E-state index contributed by atoms with van der Waals surface area (Å²) in [5.74, 6) is 2.18. The van der Waals surface area contributed by atoms with Crippen molar-refractivity contribution in [3.8, 4) is 22.8 Å². The van der Waals surface area contributed by atoms with Crippen LogP contribution in [-0.2, 0) is 14.9 Å². The summed E-state index contributed by atoms with van der Waals surface area (Å²) in [5.41, 5.74) is 1.02. The minimum absolute atomic E-state index is 0.0509. The number of ether oxygens (including phenoxy) is 3. The lowest BCUT2D eigenvalue weighted by Crippen LogP contribution is -2.51. The second-order valence-electron chi connectivity index (χ2n) is 7.69. The molecule has 142 valence electrons. The van der Waals surface area contributed by atoms with Gasteiger partial charge in [-0.3, -0.25) is 4.79 Å². The van der Waals surface area contributed by atoms with E-state index in [-0.39, 0.29) is 24.9 Å². The fraction of sp³-hybridized carbons (Fsp3) is 0.500. The van der Waals surface area contributed by atoms with Gasteiger partial charge in [0.15, 0.2) is 17.3 Å². The molecule has 1 saturated carbocycles. The van der Waals surface area contributed by atoms with Crippen LogP contribution in [0.5, 0.6) is 11.5 Å². The molecule has 3 aliphatic rings. The van der Waals surface area contributed by atoms with E-state index in [1.165, 1.54) is 0 Å². The molecule has 0 N–H and O–H groups in total. The van der Waals surface area contributed by atoms with Crippen molar-refractivity contribution < 1.29 is 23.5 Å². The first-order valence-corrected chi connectivity index (χ1v) is 9.37. The molecule has 1 saturated heterocycles. The van der Waals surface area contributed by atoms with Crippen LogP contribution < -0.4 is 9.47 Å². The summed E-state index contributed by atoms with van der Waals surface area (Å²) >= 11 is 0. The molecule has 1 aromatic carbocycles. The van der Waals surface area contributed by atoms with E-state index in [4.69, 9.17) is 18.7 Å². The first-order chi connectivity index (χ1) is 13.0. The summed E-state index contributed by atoms with van der Waals surface area (Å²) < 4.78 is 22.1. The van der Waals surface area contributed by atoms with Crippen LogP contribution >= 0.6 is 0 Å². The number of carbonyl (C=O) groups excluding carboxylic acids is 1. The molecular formula is C20H22N2O5. The van der Waals surface area contributed by atoms with E-state index in [0.717, 1.165) is 24.2 Å². The number of amides is 1. The monoisotopic (exact) mass is 370 g/mol.